The molecule has 0 saturated carbocycles. The third-order valence-corrected chi connectivity index (χ3v) is 4.82. The number of oxazole rings is 1. The third kappa shape index (κ3) is 3.81. The lowest BCUT2D eigenvalue weighted by Gasteiger charge is -2.21. The number of nitrogens with zero attached hydrogens (tertiary/aromatic N) is 1. The topological polar surface area (TPSA) is 46.3 Å². The summed E-state index contributed by atoms with van der Waals surface area (Å²) in [4.78, 5) is 3.93. The summed E-state index contributed by atoms with van der Waals surface area (Å²) in [6, 6.07) is 13.5. The first-order valence-electron chi connectivity index (χ1n) is 7.65. The van der Waals surface area contributed by atoms with Gasteiger partial charge in [-0.2, -0.15) is 0 Å². The zero-order chi connectivity index (χ0) is 17.1. The molecule has 5 heteroatoms. The number of aromatic nitrogens is 1. The fourth-order valence-corrected chi connectivity index (χ4v) is 3.06. The molecule has 2 aromatic carbocycles. The van der Waals surface area contributed by atoms with Crippen LogP contribution in [0.25, 0.3) is 11.3 Å². The largest absolute Gasteiger partial charge is 0.444 e. The van der Waals surface area contributed by atoms with E-state index in [4.69, 9.17) is 27.6 Å². The monoisotopic (exact) mass is 361 g/mol. The van der Waals surface area contributed by atoms with Crippen LogP contribution in [0.1, 0.15) is 24.0 Å². The fraction of sp³-hybridized carbons (Fsp3) is 0.211. The molecule has 0 aliphatic rings. The SMILES string of the molecule is CC(O)C(Cc1ccc(Cl)c(Cl)c1)c1ccc(-c2cnco2)cc1. The van der Waals surface area contributed by atoms with Gasteiger partial charge in [0.1, 0.15) is 0 Å². The number of rotatable bonds is 5. The molecule has 0 aliphatic heterocycles. The molecular weight excluding hydrogens is 345 g/mol. The highest BCUT2D eigenvalue weighted by atomic mass is 35.5. The van der Waals surface area contributed by atoms with Crippen molar-refractivity contribution in [1.82, 2.24) is 4.98 Å². The lowest BCUT2D eigenvalue weighted by molar-refractivity contribution is 0.161. The molecule has 124 valence electrons. The van der Waals surface area contributed by atoms with Crippen LogP contribution >= 0.6 is 23.2 Å². The van der Waals surface area contributed by atoms with Crippen LogP contribution in [-0.4, -0.2) is 16.2 Å². The summed E-state index contributed by atoms with van der Waals surface area (Å²) in [6.45, 7) is 1.80. The predicted octanol–water partition coefficient (Wildman–Crippen LogP) is 5.36. The van der Waals surface area contributed by atoms with Crippen molar-refractivity contribution in [2.45, 2.75) is 25.4 Å². The molecule has 3 aromatic rings. The molecule has 0 saturated heterocycles. The van der Waals surface area contributed by atoms with Crippen LogP contribution in [0.4, 0.5) is 0 Å². The number of aliphatic hydroxyl groups excluding tert-OH is 1. The van der Waals surface area contributed by atoms with Gasteiger partial charge in [0, 0.05) is 11.5 Å². The molecule has 0 spiro atoms. The Morgan fingerprint density at radius 3 is 2.42 bits per heavy atom. The molecular formula is C19H17Cl2NO2. The normalized spacial score (nSPS) is 13.7. The van der Waals surface area contributed by atoms with Gasteiger partial charge in [0.15, 0.2) is 12.2 Å². The lowest BCUT2D eigenvalue weighted by atomic mass is 9.87. The Kier molecular flexibility index (Phi) is 5.24. The molecule has 2 unspecified atom stereocenters. The quantitative estimate of drug-likeness (QED) is 0.665. The van der Waals surface area contributed by atoms with Crippen LogP contribution in [0, 0.1) is 0 Å². The second-order valence-electron chi connectivity index (χ2n) is 5.79. The minimum absolute atomic E-state index is 0.0361. The van der Waals surface area contributed by atoms with Crippen LogP contribution in [0.15, 0.2) is 59.5 Å². The van der Waals surface area contributed by atoms with Crippen LogP contribution in [-0.2, 0) is 6.42 Å². The number of hydrogen-bond acceptors (Lipinski definition) is 3. The van der Waals surface area contributed by atoms with Gasteiger partial charge < -0.3 is 9.52 Å². The average molecular weight is 362 g/mol. The Morgan fingerprint density at radius 1 is 1.08 bits per heavy atom. The van der Waals surface area contributed by atoms with Crippen molar-refractivity contribution < 1.29 is 9.52 Å². The molecule has 24 heavy (non-hydrogen) atoms. The highest BCUT2D eigenvalue weighted by Crippen LogP contribution is 2.30. The maximum absolute atomic E-state index is 10.2. The molecule has 2 atom stereocenters. The van der Waals surface area contributed by atoms with Gasteiger partial charge in [-0.3, -0.25) is 0 Å². The fourth-order valence-electron chi connectivity index (χ4n) is 2.74. The molecule has 3 nitrogen and oxygen atoms in total. The first-order chi connectivity index (χ1) is 11.5. The average Bonchev–Trinajstić information content (AvgIpc) is 3.10. The summed E-state index contributed by atoms with van der Waals surface area (Å²) in [7, 11) is 0. The van der Waals surface area contributed by atoms with Crippen LogP contribution in [0.2, 0.25) is 10.0 Å². The summed E-state index contributed by atoms with van der Waals surface area (Å²) in [5.41, 5.74) is 3.05. The predicted molar refractivity (Wildman–Crippen MR) is 96.5 cm³/mol. The highest BCUT2D eigenvalue weighted by Gasteiger charge is 2.19. The highest BCUT2D eigenvalue weighted by molar-refractivity contribution is 6.42. The van der Waals surface area contributed by atoms with E-state index in [9.17, 15) is 5.11 Å². The molecule has 0 amide bonds. The van der Waals surface area contributed by atoms with Crippen molar-refractivity contribution >= 4 is 23.2 Å². The molecule has 0 bridgehead atoms. The first kappa shape index (κ1) is 17.0. The molecule has 1 heterocycles. The number of benzene rings is 2. The number of aliphatic hydroxyl groups is 1. The standard InChI is InChI=1S/C19H17Cl2NO2/c1-12(23)16(8-13-2-7-17(20)18(21)9-13)14-3-5-15(6-4-14)19-10-22-11-24-19/h2-7,9-12,16,23H,8H2,1H3. The molecule has 1 aromatic heterocycles. The van der Waals surface area contributed by atoms with E-state index in [1.165, 1.54) is 6.39 Å². The van der Waals surface area contributed by atoms with Gasteiger partial charge in [-0.15, -0.1) is 0 Å². The van der Waals surface area contributed by atoms with Gasteiger partial charge >= 0.3 is 0 Å². The van der Waals surface area contributed by atoms with Crippen molar-refractivity contribution in [1.29, 1.82) is 0 Å². The smallest absolute Gasteiger partial charge is 0.181 e. The third-order valence-electron chi connectivity index (χ3n) is 4.08. The first-order valence-corrected chi connectivity index (χ1v) is 8.41. The van der Waals surface area contributed by atoms with Gasteiger partial charge in [0.05, 0.1) is 22.3 Å². The second kappa shape index (κ2) is 7.39. The summed E-state index contributed by atoms with van der Waals surface area (Å²) < 4.78 is 5.30. The summed E-state index contributed by atoms with van der Waals surface area (Å²) in [6.07, 6.45) is 3.27. The summed E-state index contributed by atoms with van der Waals surface area (Å²) in [5, 5.41) is 11.3. The van der Waals surface area contributed by atoms with Crippen molar-refractivity contribution in [3.05, 3.63) is 76.2 Å². The van der Waals surface area contributed by atoms with Gasteiger partial charge in [-0.25, -0.2) is 4.98 Å². The van der Waals surface area contributed by atoms with Crippen molar-refractivity contribution in [3.63, 3.8) is 0 Å². The van der Waals surface area contributed by atoms with E-state index in [2.05, 4.69) is 4.98 Å². The summed E-state index contributed by atoms with van der Waals surface area (Å²) in [5.74, 6) is 0.686. The molecule has 0 aliphatic carbocycles. The Morgan fingerprint density at radius 2 is 1.83 bits per heavy atom. The van der Waals surface area contributed by atoms with E-state index in [0.717, 1.165) is 22.5 Å². The Bertz CT molecular complexity index is 799. The number of hydrogen-bond donors (Lipinski definition) is 1. The minimum atomic E-state index is -0.490. The second-order valence-corrected chi connectivity index (χ2v) is 6.60. The van der Waals surface area contributed by atoms with E-state index in [-0.39, 0.29) is 5.92 Å². The van der Waals surface area contributed by atoms with Crippen molar-refractivity contribution in [3.8, 4) is 11.3 Å². The van der Waals surface area contributed by atoms with E-state index >= 15 is 0 Å². The Balaban J connectivity index is 1.84. The van der Waals surface area contributed by atoms with Crippen LogP contribution in [0.3, 0.4) is 0 Å². The van der Waals surface area contributed by atoms with Crippen LogP contribution in [0.5, 0.6) is 0 Å². The Labute approximate surface area is 150 Å². The maximum Gasteiger partial charge on any atom is 0.181 e. The molecule has 1 N–H and O–H groups in total. The van der Waals surface area contributed by atoms with Crippen molar-refractivity contribution in [2.24, 2.45) is 0 Å². The van der Waals surface area contributed by atoms with E-state index < -0.39 is 6.10 Å². The lowest BCUT2D eigenvalue weighted by Crippen LogP contribution is -2.17. The molecule has 0 fully saturated rings. The van der Waals surface area contributed by atoms with E-state index in [1.54, 1.807) is 19.2 Å². The van der Waals surface area contributed by atoms with E-state index in [1.807, 2.05) is 36.4 Å². The summed E-state index contributed by atoms with van der Waals surface area (Å²) >= 11 is 12.1. The van der Waals surface area contributed by atoms with Gasteiger partial charge in [0.25, 0.3) is 0 Å². The van der Waals surface area contributed by atoms with Gasteiger partial charge in [-0.05, 0) is 36.6 Å². The zero-order valence-electron chi connectivity index (χ0n) is 13.1. The number of halogens is 2. The maximum atomic E-state index is 10.2. The molecule has 3 rings (SSSR count). The molecule has 0 radical (unpaired) electrons. The van der Waals surface area contributed by atoms with E-state index in [0.29, 0.717) is 16.5 Å². The zero-order valence-corrected chi connectivity index (χ0v) is 14.6. The van der Waals surface area contributed by atoms with Gasteiger partial charge in [0.2, 0.25) is 0 Å². The van der Waals surface area contributed by atoms with Gasteiger partial charge in [-0.1, -0.05) is 53.5 Å². The minimum Gasteiger partial charge on any atom is -0.444 e. The van der Waals surface area contributed by atoms with Crippen molar-refractivity contribution in [2.75, 3.05) is 0 Å². The van der Waals surface area contributed by atoms with Crippen LogP contribution < -0.4 is 0 Å². The Hall–Kier alpha value is -1.81.